The average molecular weight is 746 g/mol. The van der Waals surface area contributed by atoms with Gasteiger partial charge in [-0.25, -0.2) is 14.9 Å². The molecule has 4 aromatic heterocycles. The highest BCUT2D eigenvalue weighted by molar-refractivity contribution is 6.12. The summed E-state index contributed by atoms with van der Waals surface area (Å²) in [4.78, 5) is 12.7. The first kappa shape index (κ1) is 32.4. The van der Waals surface area contributed by atoms with E-state index in [1.807, 2.05) is 18.2 Å². The second-order valence-electron chi connectivity index (χ2n) is 14.8. The van der Waals surface area contributed by atoms with Crippen LogP contribution in [-0.4, -0.2) is 28.2 Å². The molecule has 0 atom stereocenters. The summed E-state index contributed by atoms with van der Waals surface area (Å²) in [5, 5.41) is 4.93. The standard InChI is InChI=1S/C51H35N7/c1-54-48-25-13-8-20-42(48)52-50(54)58(51-53-43-21-9-14-26-49(43)57(51)34-15-3-2-4-16-34)36-29-27-35(28-30-36)55-46-24-12-7-19-40(46)41-33-37(31-32-47(41)55)56-44-22-10-5-17-38(44)39-18-6-11-23-45(39)56/h2-33H,1H3. The molecule has 4 heterocycles. The largest absolute Gasteiger partial charge is 0.313 e. The second-order valence-corrected chi connectivity index (χ2v) is 14.8. The molecule has 0 N–H and O–H groups in total. The Labute approximate surface area is 333 Å². The molecule has 12 rings (SSSR count). The maximum Gasteiger partial charge on any atom is 0.222 e. The van der Waals surface area contributed by atoms with Crippen LogP contribution in [0.5, 0.6) is 0 Å². The first-order chi connectivity index (χ1) is 28.7. The van der Waals surface area contributed by atoms with E-state index in [-0.39, 0.29) is 0 Å². The first-order valence-electron chi connectivity index (χ1n) is 19.6. The summed E-state index contributed by atoms with van der Waals surface area (Å²) in [5.41, 5.74) is 12.8. The summed E-state index contributed by atoms with van der Waals surface area (Å²) >= 11 is 0. The van der Waals surface area contributed by atoms with Crippen molar-refractivity contribution in [3.63, 3.8) is 0 Å². The van der Waals surface area contributed by atoms with Gasteiger partial charge in [-0.1, -0.05) is 97.1 Å². The van der Waals surface area contributed by atoms with Gasteiger partial charge >= 0.3 is 0 Å². The number of aryl methyl sites for hydroxylation is 1. The quantitative estimate of drug-likeness (QED) is 0.170. The fraction of sp³-hybridized carbons (Fsp3) is 0.0196. The van der Waals surface area contributed by atoms with Crippen LogP contribution in [0.25, 0.3) is 82.7 Å². The number of fused-ring (bicyclic) bond motifs is 8. The molecule has 0 aliphatic heterocycles. The molecule has 0 aliphatic rings. The van der Waals surface area contributed by atoms with Gasteiger partial charge in [-0.15, -0.1) is 0 Å². The monoisotopic (exact) mass is 745 g/mol. The van der Waals surface area contributed by atoms with Crippen LogP contribution in [0, 0.1) is 0 Å². The highest BCUT2D eigenvalue weighted by Crippen LogP contribution is 2.41. The topological polar surface area (TPSA) is 48.7 Å². The zero-order valence-electron chi connectivity index (χ0n) is 31.6. The Bertz CT molecular complexity index is 3480. The van der Waals surface area contributed by atoms with Crippen molar-refractivity contribution in [2.45, 2.75) is 0 Å². The number of hydrogen-bond acceptors (Lipinski definition) is 3. The van der Waals surface area contributed by atoms with Crippen molar-refractivity contribution in [3.8, 4) is 17.1 Å². The van der Waals surface area contributed by atoms with Crippen molar-refractivity contribution >= 4 is 83.3 Å². The van der Waals surface area contributed by atoms with Crippen molar-refractivity contribution < 1.29 is 0 Å². The lowest BCUT2D eigenvalue weighted by atomic mass is 10.1. The molecule has 0 bridgehead atoms. The van der Waals surface area contributed by atoms with Gasteiger partial charge < -0.3 is 13.7 Å². The Morgan fingerprint density at radius 2 is 0.793 bits per heavy atom. The van der Waals surface area contributed by atoms with Crippen molar-refractivity contribution in [2.24, 2.45) is 7.05 Å². The highest BCUT2D eigenvalue weighted by atomic mass is 15.4. The summed E-state index contributed by atoms with van der Waals surface area (Å²) in [5.74, 6) is 1.53. The first-order valence-corrected chi connectivity index (χ1v) is 19.6. The van der Waals surface area contributed by atoms with E-state index in [0.717, 1.165) is 67.7 Å². The van der Waals surface area contributed by atoms with Crippen LogP contribution in [0.15, 0.2) is 194 Å². The normalized spacial score (nSPS) is 11.9. The fourth-order valence-corrected chi connectivity index (χ4v) is 8.98. The van der Waals surface area contributed by atoms with Crippen LogP contribution in [-0.2, 0) is 7.05 Å². The van der Waals surface area contributed by atoms with Crippen molar-refractivity contribution in [1.82, 2.24) is 28.2 Å². The Balaban J connectivity index is 1.05. The molecule has 0 saturated carbocycles. The van der Waals surface area contributed by atoms with Crippen molar-refractivity contribution in [1.29, 1.82) is 0 Å². The number of nitrogens with zero attached hydrogens (tertiary/aromatic N) is 7. The molecule has 0 spiro atoms. The molecule has 12 aromatic rings. The molecule has 0 saturated heterocycles. The molecule has 7 nitrogen and oxygen atoms in total. The molecule has 8 aromatic carbocycles. The summed E-state index contributed by atoms with van der Waals surface area (Å²) in [6.07, 6.45) is 0. The van der Waals surface area contributed by atoms with Crippen molar-refractivity contribution in [3.05, 3.63) is 194 Å². The molecule has 0 radical (unpaired) electrons. The van der Waals surface area contributed by atoms with Crippen molar-refractivity contribution in [2.75, 3.05) is 4.90 Å². The van der Waals surface area contributed by atoms with Crippen LogP contribution in [0.3, 0.4) is 0 Å². The van der Waals surface area contributed by atoms with Gasteiger partial charge in [0.25, 0.3) is 0 Å². The smallest absolute Gasteiger partial charge is 0.222 e. The summed E-state index contributed by atoms with van der Waals surface area (Å²) in [7, 11) is 2.08. The molecule has 0 fully saturated rings. The molecule has 58 heavy (non-hydrogen) atoms. The molecule has 0 amide bonds. The summed E-state index contributed by atoms with van der Waals surface area (Å²) in [6.45, 7) is 0. The van der Waals surface area contributed by atoms with Crippen LogP contribution in [0.2, 0.25) is 0 Å². The third-order valence-electron chi connectivity index (χ3n) is 11.6. The highest BCUT2D eigenvalue weighted by Gasteiger charge is 2.26. The number of imidazole rings is 2. The van der Waals surface area contributed by atoms with E-state index in [4.69, 9.17) is 9.97 Å². The van der Waals surface area contributed by atoms with E-state index in [9.17, 15) is 0 Å². The predicted octanol–water partition coefficient (Wildman–Crippen LogP) is 12.6. The summed E-state index contributed by atoms with van der Waals surface area (Å²) < 4.78 is 9.15. The van der Waals surface area contributed by atoms with E-state index in [2.05, 4.69) is 206 Å². The zero-order chi connectivity index (χ0) is 38.3. The molecular weight excluding hydrogens is 711 g/mol. The van der Waals surface area contributed by atoms with E-state index >= 15 is 0 Å². The number of benzene rings is 8. The molecule has 0 aliphatic carbocycles. The van der Waals surface area contributed by atoms with E-state index in [0.29, 0.717) is 0 Å². The average Bonchev–Trinajstić information content (AvgIpc) is 4.02. The van der Waals surface area contributed by atoms with Crippen LogP contribution in [0.4, 0.5) is 17.6 Å². The maximum atomic E-state index is 5.30. The number of hydrogen-bond donors (Lipinski definition) is 0. The van der Waals surface area contributed by atoms with Crippen LogP contribution in [0.1, 0.15) is 0 Å². The number of aromatic nitrogens is 6. The minimum atomic E-state index is 0.757. The SMILES string of the molecule is Cn1c(N(c2ccc(-n3c4ccccc4c4cc(-n5c6ccccc6c6ccccc65)ccc43)cc2)c2nc3ccccc3n2-c2ccccc2)nc2ccccc21. The lowest BCUT2D eigenvalue weighted by Gasteiger charge is -2.24. The Hall–Kier alpha value is -7.90. The lowest BCUT2D eigenvalue weighted by Crippen LogP contribution is -2.18. The van der Waals surface area contributed by atoms with Gasteiger partial charge in [-0.05, 0) is 97.1 Å². The molecule has 7 heteroatoms. The Morgan fingerprint density at radius 1 is 0.345 bits per heavy atom. The third-order valence-corrected chi connectivity index (χ3v) is 11.6. The summed E-state index contributed by atoms with van der Waals surface area (Å²) in [6, 6.07) is 68.8. The number of rotatable bonds is 6. The van der Waals surface area contributed by atoms with Gasteiger partial charge in [0, 0.05) is 45.7 Å². The Morgan fingerprint density at radius 3 is 1.43 bits per heavy atom. The van der Waals surface area contributed by atoms with E-state index in [1.54, 1.807) is 0 Å². The van der Waals surface area contributed by atoms with Gasteiger partial charge in [0.2, 0.25) is 11.9 Å². The van der Waals surface area contributed by atoms with Crippen LogP contribution >= 0.6 is 0 Å². The number of anilines is 3. The van der Waals surface area contributed by atoms with Gasteiger partial charge in [0.15, 0.2) is 0 Å². The fourth-order valence-electron chi connectivity index (χ4n) is 8.98. The second kappa shape index (κ2) is 12.6. The number of para-hydroxylation sites is 8. The minimum absolute atomic E-state index is 0.757. The van der Waals surface area contributed by atoms with E-state index in [1.165, 1.54) is 32.6 Å². The van der Waals surface area contributed by atoms with Gasteiger partial charge in [-0.3, -0.25) is 4.57 Å². The molecule has 0 unspecified atom stereocenters. The molecule has 274 valence electrons. The molecular formula is C51H35N7. The third kappa shape index (κ3) is 4.74. The Kier molecular flexibility index (Phi) is 7.01. The zero-order valence-corrected chi connectivity index (χ0v) is 31.6. The lowest BCUT2D eigenvalue weighted by molar-refractivity contribution is 0.900. The predicted molar refractivity (Wildman–Crippen MR) is 239 cm³/mol. The van der Waals surface area contributed by atoms with E-state index < -0.39 is 0 Å². The minimum Gasteiger partial charge on any atom is -0.313 e. The van der Waals surface area contributed by atoms with Crippen LogP contribution < -0.4 is 4.90 Å². The van der Waals surface area contributed by atoms with Gasteiger partial charge in [0.1, 0.15) is 0 Å². The van der Waals surface area contributed by atoms with Gasteiger partial charge in [-0.2, -0.15) is 0 Å². The van der Waals surface area contributed by atoms with Gasteiger partial charge in [0.05, 0.1) is 49.8 Å². The maximum absolute atomic E-state index is 5.30.